The third kappa shape index (κ3) is 3.74. The number of hydrogen-bond donors (Lipinski definition) is 0. The second-order valence-corrected chi connectivity index (χ2v) is 4.14. The maximum absolute atomic E-state index is 12.4. The molecule has 0 heterocycles. The topological polar surface area (TPSA) is 21.6 Å². The molecule has 104 valence electrons. The van der Waals surface area contributed by atoms with Crippen LogP contribution in [0.5, 0.6) is 11.5 Å². The lowest BCUT2D eigenvalue weighted by Crippen LogP contribution is -2.16. The molecule has 0 bridgehead atoms. The number of para-hydroxylation sites is 3. The predicted molar refractivity (Wildman–Crippen MR) is 72.0 cm³/mol. The third-order valence-corrected chi connectivity index (χ3v) is 2.59. The van der Waals surface area contributed by atoms with Gasteiger partial charge in [-0.1, -0.05) is 41.9 Å². The minimum atomic E-state index is -4.68. The molecule has 0 aliphatic heterocycles. The highest BCUT2D eigenvalue weighted by molar-refractivity contribution is 6.67. The quantitative estimate of drug-likeness (QED) is 0.704. The molecule has 2 aromatic carbocycles. The largest absolute Gasteiger partial charge is 0.455 e. The first-order chi connectivity index (χ1) is 9.47. The van der Waals surface area contributed by atoms with Crippen molar-refractivity contribution in [3.8, 4) is 11.5 Å². The molecular formula is C14H9ClF3NO. The Kier molecular flexibility index (Phi) is 4.29. The highest BCUT2D eigenvalue weighted by atomic mass is 35.5. The first-order valence-corrected chi connectivity index (χ1v) is 5.98. The fourth-order valence-electron chi connectivity index (χ4n) is 1.42. The van der Waals surface area contributed by atoms with Crippen LogP contribution in [0, 0.1) is 0 Å². The maximum atomic E-state index is 12.4. The summed E-state index contributed by atoms with van der Waals surface area (Å²) in [6.07, 6.45) is -4.68. The van der Waals surface area contributed by atoms with Crippen molar-refractivity contribution >= 4 is 22.5 Å². The molecule has 0 aromatic heterocycles. The van der Waals surface area contributed by atoms with Gasteiger partial charge in [0.25, 0.3) is 0 Å². The van der Waals surface area contributed by atoms with E-state index in [2.05, 4.69) is 4.99 Å². The van der Waals surface area contributed by atoms with Crippen LogP contribution in [0.3, 0.4) is 0 Å². The summed E-state index contributed by atoms with van der Waals surface area (Å²) in [5.41, 5.74) is 0.0127. The van der Waals surface area contributed by atoms with Crippen LogP contribution in [0.25, 0.3) is 0 Å². The Morgan fingerprint density at radius 2 is 1.55 bits per heavy atom. The molecule has 2 rings (SSSR count). The summed E-state index contributed by atoms with van der Waals surface area (Å²) in [6, 6.07) is 14.8. The number of benzene rings is 2. The molecule has 0 amide bonds. The van der Waals surface area contributed by atoms with E-state index in [9.17, 15) is 13.2 Å². The van der Waals surface area contributed by atoms with Gasteiger partial charge in [0.2, 0.25) is 5.17 Å². The third-order valence-electron chi connectivity index (χ3n) is 2.29. The van der Waals surface area contributed by atoms with Crippen molar-refractivity contribution in [2.75, 3.05) is 0 Å². The molecule has 0 aliphatic rings. The Bertz CT molecular complexity index is 611. The lowest BCUT2D eigenvalue weighted by atomic mass is 10.3. The molecule has 0 fully saturated rings. The Labute approximate surface area is 118 Å². The zero-order valence-corrected chi connectivity index (χ0v) is 10.8. The molecule has 2 aromatic rings. The Morgan fingerprint density at radius 3 is 2.20 bits per heavy atom. The molecule has 2 nitrogen and oxygen atoms in total. The SMILES string of the molecule is FC(F)(F)C(Cl)=Nc1ccccc1Oc1ccccc1. The van der Waals surface area contributed by atoms with Crippen LogP contribution >= 0.6 is 11.6 Å². The Morgan fingerprint density at radius 1 is 0.950 bits per heavy atom. The molecular weight excluding hydrogens is 291 g/mol. The average Bonchev–Trinajstić information content (AvgIpc) is 2.41. The number of nitrogens with zero attached hydrogens (tertiary/aromatic N) is 1. The minimum Gasteiger partial charge on any atom is -0.455 e. The van der Waals surface area contributed by atoms with Gasteiger partial charge >= 0.3 is 6.18 Å². The van der Waals surface area contributed by atoms with E-state index in [0.29, 0.717) is 5.75 Å². The van der Waals surface area contributed by atoms with Crippen LogP contribution in [0.15, 0.2) is 59.6 Å². The second-order valence-electron chi connectivity index (χ2n) is 3.78. The zero-order chi connectivity index (χ0) is 14.6. The maximum Gasteiger partial charge on any atom is 0.444 e. The molecule has 0 N–H and O–H groups in total. The summed E-state index contributed by atoms with van der Waals surface area (Å²) >= 11 is 5.14. The van der Waals surface area contributed by atoms with Gasteiger partial charge in [0, 0.05) is 0 Å². The zero-order valence-electron chi connectivity index (χ0n) is 10.1. The summed E-state index contributed by atoms with van der Waals surface area (Å²) in [6.45, 7) is 0. The number of ether oxygens (including phenoxy) is 1. The molecule has 0 saturated carbocycles. The predicted octanol–water partition coefficient (Wildman–Crippen LogP) is 5.31. The summed E-state index contributed by atoms with van der Waals surface area (Å²) in [5.74, 6) is 0.694. The van der Waals surface area contributed by atoms with Gasteiger partial charge in [0.1, 0.15) is 11.4 Å². The molecule has 20 heavy (non-hydrogen) atoms. The Balaban J connectivity index is 2.32. The molecule has 0 spiro atoms. The lowest BCUT2D eigenvalue weighted by molar-refractivity contribution is -0.0558. The summed E-state index contributed by atoms with van der Waals surface area (Å²) < 4.78 is 42.7. The second kappa shape index (κ2) is 5.96. The van der Waals surface area contributed by atoms with Crippen LogP contribution in [0.4, 0.5) is 18.9 Å². The summed E-state index contributed by atoms with van der Waals surface area (Å²) in [4.78, 5) is 3.36. The van der Waals surface area contributed by atoms with E-state index in [-0.39, 0.29) is 11.4 Å². The van der Waals surface area contributed by atoms with Gasteiger partial charge in [-0.05, 0) is 24.3 Å². The average molecular weight is 300 g/mol. The van der Waals surface area contributed by atoms with Crippen LogP contribution in [0.1, 0.15) is 0 Å². The lowest BCUT2D eigenvalue weighted by Gasteiger charge is -2.09. The van der Waals surface area contributed by atoms with Crippen molar-refractivity contribution in [3.63, 3.8) is 0 Å². The molecule has 0 radical (unpaired) electrons. The van der Waals surface area contributed by atoms with E-state index in [1.165, 1.54) is 12.1 Å². The molecule has 0 atom stereocenters. The monoisotopic (exact) mass is 299 g/mol. The number of hydrogen-bond acceptors (Lipinski definition) is 2. The van der Waals surface area contributed by atoms with E-state index >= 15 is 0 Å². The summed E-state index contributed by atoms with van der Waals surface area (Å²) in [5, 5.41) is -1.44. The highest BCUT2D eigenvalue weighted by Gasteiger charge is 2.34. The van der Waals surface area contributed by atoms with E-state index in [1.807, 2.05) is 0 Å². The van der Waals surface area contributed by atoms with E-state index in [1.54, 1.807) is 42.5 Å². The molecule has 0 aliphatic carbocycles. The normalized spacial score (nSPS) is 12.3. The van der Waals surface area contributed by atoms with Crippen LogP contribution in [-0.2, 0) is 0 Å². The van der Waals surface area contributed by atoms with Crippen molar-refractivity contribution in [3.05, 3.63) is 54.6 Å². The number of aliphatic imine (C=N–C) groups is 1. The van der Waals surface area contributed by atoms with E-state index < -0.39 is 11.3 Å². The van der Waals surface area contributed by atoms with Crippen LogP contribution in [-0.4, -0.2) is 11.3 Å². The first kappa shape index (κ1) is 14.4. The molecule has 6 heteroatoms. The van der Waals surface area contributed by atoms with Gasteiger partial charge in [-0.15, -0.1) is 0 Å². The van der Waals surface area contributed by atoms with E-state index in [0.717, 1.165) is 0 Å². The number of halogens is 4. The van der Waals surface area contributed by atoms with Gasteiger partial charge in [0.05, 0.1) is 0 Å². The smallest absolute Gasteiger partial charge is 0.444 e. The van der Waals surface area contributed by atoms with Gasteiger partial charge < -0.3 is 4.74 Å². The molecule has 0 saturated heterocycles. The number of alkyl halides is 3. The van der Waals surface area contributed by atoms with Crippen molar-refractivity contribution in [2.45, 2.75) is 6.18 Å². The fourth-order valence-corrected chi connectivity index (χ4v) is 1.51. The highest BCUT2D eigenvalue weighted by Crippen LogP contribution is 2.33. The van der Waals surface area contributed by atoms with Gasteiger partial charge in [-0.25, -0.2) is 4.99 Å². The Hall–Kier alpha value is -2.01. The van der Waals surface area contributed by atoms with Crippen molar-refractivity contribution < 1.29 is 17.9 Å². The van der Waals surface area contributed by atoms with Crippen LogP contribution in [0.2, 0.25) is 0 Å². The van der Waals surface area contributed by atoms with Gasteiger partial charge in [-0.2, -0.15) is 13.2 Å². The van der Waals surface area contributed by atoms with Crippen molar-refractivity contribution in [1.82, 2.24) is 0 Å². The van der Waals surface area contributed by atoms with Gasteiger partial charge in [-0.3, -0.25) is 0 Å². The minimum absolute atomic E-state index is 0.0127. The summed E-state index contributed by atoms with van der Waals surface area (Å²) in [7, 11) is 0. The van der Waals surface area contributed by atoms with E-state index in [4.69, 9.17) is 16.3 Å². The van der Waals surface area contributed by atoms with Crippen molar-refractivity contribution in [1.29, 1.82) is 0 Å². The van der Waals surface area contributed by atoms with Gasteiger partial charge in [0.15, 0.2) is 5.75 Å². The molecule has 0 unspecified atom stereocenters. The fraction of sp³-hybridized carbons (Fsp3) is 0.0714. The van der Waals surface area contributed by atoms with Crippen LogP contribution < -0.4 is 4.74 Å². The van der Waals surface area contributed by atoms with Crippen molar-refractivity contribution in [2.24, 2.45) is 4.99 Å². The first-order valence-electron chi connectivity index (χ1n) is 5.60. The standard InChI is InChI=1S/C14H9ClF3NO/c15-13(14(16,17)18)19-11-8-4-5-9-12(11)20-10-6-2-1-3-7-10/h1-9H. The number of rotatable bonds is 3.